The molecule has 0 saturated carbocycles. The van der Waals surface area contributed by atoms with Gasteiger partial charge in [0.05, 0.1) is 12.6 Å². The van der Waals surface area contributed by atoms with Crippen LogP contribution in [0.1, 0.15) is 29.0 Å². The molecule has 4 nitrogen and oxygen atoms in total. The lowest BCUT2D eigenvalue weighted by molar-refractivity contribution is 0.00360. The van der Waals surface area contributed by atoms with Gasteiger partial charge in [-0.2, -0.15) is 0 Å². The van der Waals surface area contributed by atoms with E-state index in [-0.39, 0.29) is 0 Å². The van der Waals surface area contributed by atoms with Crippen molar-refractivity contribution in [2.45, 2.75) is 17.9 Å². The highest BCUT2D eigenvalue weighted by molar-refractivity contribution is 14.1. The van der Waals surface area contributed by atoms with Gasteiger partial charge in [0.25, 0.3) is 0 Å². The van der Waals surface area contributed by atoms with Crippen LogP contribution in [0.2, 0.25) is 0 Å². The molecule has 4 aromatic rings. The summed E-state index contributed by atoms with van der Waals surface area (Å²) >= 11 is 5.95. The Balaban J connectivity index is 2.04. The number of aliphatic hydroxyl groups is 1. The average Bonchev–Trinajstić information content (AvgIpc) is 2.84. The molecule has 0 fully saturated rings. The van der Waals surface area contributed by atoms with Gasteiger partial charge >= 0.3 is 0 Å². The molecule has 0 aliphatic rings. The minimum atomic E-state index is -1.19. The normalized spacial score (nSPS) is 14.2. The summed E-state index contributed by atoms with van der Waals surface area (Å²) in [7, 11) is 5.70. The number of halogens is 2. The summed E-state index contributed by atoms with van der Waals surface area (Å²) in [5, 5.41) is 13.6. The Hall–Kier alpha value is -2.00. The fraction of sp³-hybridized carbons (Fsp3) is 0.250. The molecule has 0 radical (unpaired) electrons. The predicted octanol–water partition coefficient (Wildman–Crippen LogP) is 6.58. The van der Waals surface area contributed by atoms with E-state index in [1.807, 2.05) is 68.7 Å². The molecule has 1 aromatic heterocycles. The quantitative estimate of drug-likeness (QED) is 0.223. The number of ether oxygens (including phenoxy) is 1. The van der Waals surface area contributed by atoms with Crippen LogP contribution < -0.4 is 4.74 Å². The third-order valence-corrected chi connectivity index (χ3v) is 7.66. The number of methoxy groups -OCH3 is 1. The molecule has 1 N–H and O–H groups in total. The van der Waals surface area contributed by atoms with E-state index in [9.17, 15) is 5.11 Å². The number of aromatic nitrogens is 1. The van der Waals surface area contributed by atoms with Crippen LogP contribution in [0.3, 0.4) is 0 Å². The van der Waals surface area contributed by atoms with Crippen LogP contribution in [0.25, 0.3) is 10.9 Å². The zero-order chi connectivity index (χ0) is 24.3. The molecule has 2 unspecified atom stereocenters. The fourth-order valence-corrected chi connectivity index (χ4v) is 5.56. The van der Waals surface area contributed by atoms with Gasteiger partial charge in [0.15, 0.2) is 0 Å². The molecule has 0 saturated heterocycles. The lowest BCUT2D eigenvalue weighted by Crippen LogP contribution is -2.38. The van der Waals surface area contributed by atoms with Crippen LogP contribution in [0, 0.1) is 3.57 Å². The highest BCUT2D eigenvalue weighted by atomic mass is 127. The molecule has 0 bridgehead atoms. The number of rotatable bonds is 8. The summed E-state index contributed by atoms with van der Waals surface area (Å²) in [4.78, 5) is 6.95. The van der Waals surface area contributed by atoms with Gasteiger partial charge in [-0.15, -0.1) is 0 Å². The standard InChI is InChI=1S/C28H28BrIN2O2/c1-32(2)16-15-28(33,20-9-5-4-6-10-20)26(22-11-7-8-12-24(22)30)23-18-19-17-21(29)13-14-25(19)31-27(23)34-3/h4-14,17-18,26,33H,15-16H2,1-3H3. The minimum Gasteiger partial charge on any atom is -0.481 e. The molecule has 2 atom stereocenters. The lowest BCUT2D eigenvalue weighted by atomic mass is 9.71. The fourth-order valence-electron chi connectivity index (χ4n) is 4.48. The van der Waals surface area contributed by atoms with E-state index in [1.165, 1.54) is 0 Å². The zero-order valence-electron chi connectivity index (χ0n) is 19.5. The van der Waals surface area contributed by atoms with Crippen LogP contribution in [-0.2, 0) is 5.60 Å². The van der Waals surface area contributed by atoms with Crippen molar-refractivity contribution in [3.8, 4) is 5.88 Å². The Morgan fingerprint density at radius 3 is 2.38 bits per heavy atom. The van der Waals surface area contributed by atoms with Gasteiger partial charge in [0.1, 0.15) is 5.60 Å². The van der Waals surface area contributed by atoms with Crippen molar-refractivity contribution in [3.05, 3.63) is 104 Å². The van der Waals surface area contributed by atoms with E-state index < -0.39 is 11.5 Å². The maximum atomic E-state index is 12.6. The maximum absolute atomic E-state index is 12.6. The Morgan fingerprint density at radius 2 is 1.71 bits per heavy atom. The SMILES string of the molecule is COc1nc2ccc(Br)cc2cc1C(c1ccccc1I)C(O)(CCN(C)C)c1ccccc1. The van der Waals surface area contributed by atoms with Crippen molar-refractivity contribution in [3.63, 3.8) is 0 Å². The Labute approximate surface area is 223 Å². The van der Waals surface area contributed by atoms with Crippen LogP contribution in [0.15, 0.2) is 83.3 Å². The summed E-state index contributed by atoms with van der Waals surface area (Å²) in [6.07, 6.45) is 0.541. The Kier molecular flexibility index (Phi) is 7.92. The number of nitrogens with zero attached hydrogens (tertiary/aromatic N) is 2. The largest absolute Gasteiger partial charge is 0.481 e. The summed E-state index contributed by atoms with van der Waals surface area (Å²) < 4.78 is 7.90. The highest BCUT2D eigenvalue weighted by Gasteiger charge is 2.43. The van der Waals surface area contributed by atoms with Gasteiger partial charge in [-0.1, -0.05) is 64.5 Å². The molecular formula is C28H28BrIN2O2. The summed E-state index contributed by atoms with van der Waals surface area (Å²) in [6, 6.07) is 26.3. The molecule has 0 aliphatic heterocycles. The number of pyridine rings is 1. The number of hydrogen-bond donors (Lipinski definition) is 1. The summed E-state index contributed by atoms with van der Waals surface area (Å²) in [6.45, 7) is 0.722. The molecular weight excluding hydrogens is 603 g/mol. The first-order valence-corrected chi connectivity index (χ1v) is 13.0. The van der Waals surface area contributed by atoms with E-state index in [0.29, 0.717) is 12.3 Å². The van der Waals surface area contributed by atoms with Crippen LogP contribution in [0.5, 0.6) is 5.88 Å². The van der Waals surface area contributed by atoms with Crippen molar-refractivity contribution in [1.82, 2.24) is 9.88 Å². The smallest absolute Gasteiger partial charge is 0.217 e. The van der Waals surface area contributed by atoms with Crippen molar-refractivity contribution in [2.24, 2.45) is 0 Å². The van der Waals surface area contributed by atoms with Gasteiger partial charge < -0.3 is 14.7 Å². The second kappa shape index (κ2) is 10.7. The lowest BCUT2D eigenvalue weighted by Gasteiger charge is -2.39. The maximum Gasteiger partial charge on any atom is 0.217 e. The summed E-state index contributed by atoms with van der Waals surface area (Å²) in [5.74, 6) is 0.132. The second-order valence-electron chi connectivity index (χ2n) is 8.72. The third kappa shape index (κ3) is 5.15. The Bertz CT molecular complexity index is 1280. The first-order chi connectivity index (χ1) is 16.3. The van der Waals surface area contributed by atoms with E-state index >= 15 is 0 Å². The molecule has 34 heavy (non-hydrogen) atoms. The molecule has 0 spiro atoms. The van der Waals surface area contributed by atoms with Gasteiger partial charge in [0, 0.05) is 31.5 Å². The van der Waals surface area contributed by atoms with Crippen LogP contribution in [-0.4, -0.2) is 42.7 Å². The predicted molar refractivity (Wildman–Crippen MR) is 151 cm³/mol. The molecule has 0 amide bonds. The minimum absolute atomic E-state index is 0.395. The topological polar surface area (TPSA) is 45.6 Å². The monoisotopic (exact) mass is 630 g/mol. The van der Waals surface area contributed by atoms with Crippen LogP contribution in [0.4, 0.5) is 0 Å². The molecule has 0 aliphatic carbocycles. The number of benzene rings is 3. The molecule has 3 aromatic carbocycles. The van der Waals surface area contributed by atoms with Crippen molar-refractivity contribution in [2.75, 3.05) is 27.7 Å². The highest BCUT2D eigenvalue weighted by Crippen LogP contribution is 2.48. The van der Waals surface area contributed by atoms with E-state index in [2.05, 4.69) is 67.7 Å². The first-order valence-electron chi connectivity index (χ1n) is 11.1. The van der Waals surface area contributed by atoms with Crippen molar-refractivity contribution >= 4 is 49.4 Å². The summed E-state index contributed by atoms with van der Waals surface area (Å²) in [5.41, 5.74) is 2.44. The zero-order valence-corrected chi connectivity index (χ0v) is 23.2. The number of fused-ring (bicyclic) bond motifs is 1. The van der Waals surface area contributed by atoms with Crippen molar-refractivity contribution in [1.29, 1.82) is 0 Å². The molecule has 6 heteroatoms. The van der Waals surface area contributed by atoms with E-state index in [4.69, 9.17) is 9.72 Å². The first kappa shape index (κ1) is 25.1. The van der Waals surface area contributed by atoms with E-state index in [0.717, 1.165) is 42.2 Å². The average molecular weight is 631 g/mol. The van der Waals surface area contributed by atoms with Gasteiger partial charge in [-0.3, -0.25) is 0 Å². The van der Waals surface area contributed by atoms with Gasteiger partial charge in [-0.05, 0) is 84.6 Å². The van der Waals surface area contributed by atoms with Gasteiger partial charge in [0.2, 0.25) is 5.88 Å². The van der Waals surface area contributed by atoms with Crippen molar-refractivity contribution < 1.29 is 9.84 Å². The molecule has 176 valence electrons. The van der Waals surface area contributed by atoms with Gasteiger partial charge in [-0.25, -0.2) is 4.98 Å². The third-order valence-electron chi connectivity index (χ3n) is 6.18. The Morgan fingerprint density at radius 1 is 1.00 bits per heavy atom. The number of hydrogen-bond acceptors (Lipinski definition) is 4. The second-order valence-corrected chi connectivity index (χ2v) is 10.8. The van der Waals surface area contributed by atoms with Crippen LogP contribution >= 0.6 is 38.5 Å². The molecule has 4 rings (SSSR count). The van der Waals surface area contributed by atoms with E-state index in [1.54, 1.807) is 7.11 Å². The molecule has 1 heterocycles.